The van der Waals surface area contributed by atoms with Crippen LogP contribution in [0.4, 0.5) is 5.69 Å². The zero-order valence-electron chi connectivity index (χ0n) is 21.4. The summed E-state index contributed by atoms with van der Waals surface area (Å²) in [4.78, 5) is 2.58. The molecule has 37 heavy (non-hydrogen) atoms. The minimum atomic E-state index is 0.443. The highest BCUT2D eigenvalue weighted by molar-refractivity contribution is 7.80. The number of anilines is 1. The molecule has 3 aromatic rings. The maximum Gasteiger partial charge on any atom is 0.170 e. The van der Waals surface area contributed by atoms with Crippen molar-refractivity contribution >= 4 is 23.0 Å². The fraction of sp³-hybridized carbons (Fsp3) is 0.393. The first-order chi connectivity index (χ1) is 18.0. The minimum Gasteiger partial charge on any atom is -0.493 e. The van der Waals surface area contributed by atoms with Gasteiger partial charge in [0.1, 0.15) is 0 Å². The van der Waals surface area contributed by atoms with E-state index in [1.807, 2.05) is 42.1 Å². The number of piperidine rings is 3. The first-order valence-electron chi connectivity index (χ1n) is 12.5. The van der Waals surface area contributed by atoms with Gasteiger partial charge < -0.3 is 20.1 Å². The van der Waals surface area contributed by atoms with Crippen LogP contribution in [-0.2, 0) is 7.05 Å². The Hall–Kier alpha value is -3.61. The van der Waals surface area contributed by atoms with E-state index in [1.165, 1.54) is 12.1 Å². The third-order valence-electron chi connectivity index (χ3n) is 7.60. The highest BCUT2D eigenvalue weighted by Gasteiger charge is 2.41. The molecule has 4 atom stereocenters. The molecule has 0 radical (unpaired) electrons. The van der Waals surface area contributed by atoms with Crippen molar-refractivity contribution in [2.75, 3.05) is 39.2 Å². The van der Waals surface area contributed by atoms with Crippen LogP contribution < -0.4 is 20.1 Å². The summed E-state index contributed by atoms with van der Waals surface area (Å²) in [6.07, 6.45) is 2.32. The Kier molecular flexibility index (Phi) is 7.31. The molecule has 6 rings (SSSR count). The molecule has 9 heteroatoms. The Morgan fingerprint density at radius 1 is 1.16 bits per heavy atom. The topological polar surface area (TPSA) is 87.4 Å². The quantitative estimate of drug-likeness (QED) is 0.453. The van der Waals surface area contributed by atoms with E-state index >= 15 is 0 Å². The Balaban J connectivity index is 1.22. The molecule has 4 unspecified atom stereocenters. The molecule has 0 saturated carbocycles. The van der Waals surface area contributed by atoms with Crippen molar-refractivity contribution in [3.05, 3.63) is 59.8 Å². The van der Waals surface area contributed by atoms with Gasteiger partial charge in [0.15, 0.2) is 16.6 Å². The van der Waals surface area contributed by atoms with Crippen LogP contribution in [0.15, 0.2) is 48.5 Å². The smallest absolute Gasteiger partial charge is 0.170 e. The van der Waals surface area contributed by atoms with Crippen molar-refractivity contribution in [1.29, 1.82) is 5.26 Å². The third kappa shape index (κ3) is 5.26. The average Bonchev–Trinajstić information content (AvgIpc) is 3.33. The predicted molar refractivity (Wildman–Crippen MR) is 148 cm³/mol. The monoisotopic (exact) mass is 516 g/mol. The zero-order valence-corrected chi connectivity index (χ0v) is 22.2. The molecule has 192 valence electrons. The Morgan fingerprint density at radius 2 is 2.00 bits per heavy atom. The van der Waals surface area contributed by atoms with Crippen LogP contribution in [0.1, 0.15) is 30.0 Å². The van der Waals surface area contributed by atoms with Gasteiger partial charge in [0.2, 0.25) is 0 Å². The number of nitriles is 1. The van der Waals surface area contributed by atoms with E-state index in [0.29, 0.717) is 40.1 Å². The summed E-state index contributed by atoms with van der Waals surface area (Å²) in [5, 5.41) is 21.1. The number of fused-ring (bicyclic) bond motifs is 3. The van der Waals surface area contributed by atoms with Crippen LogP contribution in [0.25, 0.3) is 11.3 Å². The number of aromatic nitrogens is 2. The van der Waals surface area contributed by atoms with Crippen molar-refractivity contribution in [1.82, 2.24) is 20.0 Å². The molecular formula is C28H32N6O2S. The SMILES string of the molecule is COc1ccc(-c2cc(C3CN4CCC3CC4CNC(=S)Nc3cccc(C#N)c3)n(C)n2)cc1OC. The standard InChI is InChI=1S/C28H32N6O2S/c1-33-25(14-24(32-33)20-7-8-26(35-2)27(13-20)36-3)23-17-34-10-9-19(23)12-22(34)16-30-28(37)31-21-6-4-5-18(11-21)15-29/h4-8,11,13-14,19,22-23H,9-10,12,16-17H2,1-3H3,(H2,30,31,37). The second kappa shape index (κ2) is 10.8. The van der Waals surface area contributed by atoms with Gasteiger partial charge in [-0.2, -0.15) is 10.4 Å². The van der Waals surface area contributed by atoms with Crippen LogP contribution in [0.3, 0.4) is 0 Å². The molecule has 2 aromatic carbocycles. The number of nitrogens with one attached hydrogen (secondary N) is 2. The lowest BCUT2D eigenvalue weighted by molar-refractivity contribution is 0.0303. The summed E-state index contributed by atoms with van der Waals surface area (Å²) in [5.74, 6) is 2.48. The van der Waals surface area contributed by atoms with E-state index < -0.39 is 0 Å². The molecule has 0 amide bonds. The van der Waals surface area contributed by atoms with Gasteiger partial charge in [-0.25, -0.2) is 0 Å². The van der Waals surface area contributed by atoms with Crippen LogP contribution in [0.5, 0.6) is 11.5 Å². The lowest BCUT2D eigenvalue weighted by atomic mass is 9.74. The van der Waals surface area contributed by atoms with Gasteiger partial charge in [0, 0.05) is 49.0 Å². The normalized spacial score (nSPS) is 22.2. The first kappa shape index (κ1) is 25.1. The molecule has 3 saturated heterocycles. The number of ether oxygens (including phenoxy) is 2. The summed E-state index contributed by atoms with van der Waals surface area (Å²) >= 11 is 5.52. The van der Waals surface area contributed by atoms with Gasteiger partial charge in [-0.3, -0.25) is 9.58 Å². The molecule has 0 aliphatic carbocycles. The van der Waals surface area contributed by atoms with Crippen molar-refractivity contribution in [2.45, 2.75) is 24.8 Å². The van der Waals surface area contributed by atoms with Crippen LogP contribution in [0, 0.1) is 17.2 Å². The van der Waals surface area contributed by atoms with E-state index in [-0.39, 0.29) is 0 Å². The van der Waals surface area contributed by atoms with Crippen molar-refractivity contribution in [2.24, 2.45) is 13.0 Å². The van der Waals surface area contributed by atoms with E-state index in [1.54, 1.807) is 26.4 Å². The number of methoxy groups -OCH3 is 2. The van der Waals surface area contributed by atoms with Crippen LogP contribution in [0.2, 0.25) is 0 Å². The van der Waals surface area contributed by atoms with Gasteiger partial charge >= 0.3 is 0 Å². The fourth-order valence-electron chi connectivity index (χ4n) is 5.70. The largest absolute Gasteiger partial charge is 0.493 e. The van der Waals surface area contributed by atoms with Crippen molar-refractivity contribution in [3.8, 4) is 28.8 Å². The fourth-order valence-corrected chi connectivity index (χ4v) is 5.90. The molecule has 4 heterocycles. The maximum absolute atomic E-state index is 9.10. The summed E-state index contributed by atoms with van der Waals surface area (Å²) < 4.78 is 12.9. The molecule has 2 N–H and O–H groups in total. The Labute approximate surface area is 223 Å². The van der Waals surface area contributed by atoms with Crippen molar-refractivity contribution in [3.63, 3.8) is 0 Å². The number of rotatable bonds is 7. The molecule has 1 aromatic heterocycles. The van der Waals surface area contributed by atoms with Gasteiger partial charge in [-0.1, -0.05) is 6.07 Å². The molecule has 3 fully saturated rings. The summed E-state index contributed by atoms with van der Waals surface area (Å²) in [5.41, 5.74) is 4.68. The highest BCUT2D eigenvalue weighted by atomic mass is 32.1. The minimum absolute atomic E-state index is 0.443. The average molecular weight is 517 g/mol. The molecule has 0 spiro atoms. The summed E-state index contributed by atoms with van der Waals surface area (Å²) in [6.45, 7) is 2.93. The number of hydrogen-bond donors (Lipinski definition) is 2. The molecule has 2 bridgehead atoms. The number of hydrogen-bond acceptors (Lipinski definition) is 6. The Bertz CT molecular complexity index is 1330. The van der Waals surface area contributed by atoms with E-state index in [4.69, 9.17) is 32.1 Å². The van der Waals surface area contributed by atoms with Crippen LogP contribution in [-0.4, -0.2) is 59.7 Å². The van der Waals surface area contributed by atoms with E-state index in [0.717, 1.165) is 43.0 Å². The number of benzene rings is 2. The second-order valence-corrected chi connectivity index (χ2v) is 10.1. The van der Waals surface area contributed by atoms with Crippen LogP contribution >= 0.6 is 12.2 Å². The highest BCUT2D eigenvalue weighted by Crippen LogP contribution is 2.42. The molecular weight excluding hydrogens is 484 g/mol. The van der Waals surface area contributed by atoms with E-state index in [9.17, 15) is 0 Å². The number of nitrogens with zero attached hydrogens (tertiary/aromatic N) is 4. The van der Waals surface area contributed by atoms with E-state index in [2.05, 4.69) is 27.7 Å². The zero-order chi connectivity index (χ0) is 25.9. The number of aryl methyl sites for hydroxylation is 1. The lowest BCUT2D eigenvalue weighted by Gasteiger charge is -2.50. The van der Waals surface area contributed by atoms with Gasteiger partial charge in [0.05, 0.1) is 31.5 Å². The van der Waals surface area contributed by atoms with Gasteiger partial charge in [0.25, 0.3) is 0 Å². The lowest BCUT2D eigenvalue weighted by Crippen LogP contribution is -2.56. The summed E-state index contributed by atoms with van der Waals surface area (Å²) in [6, 6.07) is 18.1. The van der Waals surface area contributed by atoms with Crippen molar-refractivity contribution < 1.29 is 9.47 Å². The first-order valence-corrected chi connectivity index (χ1v) is 12.9. The second-order valence-electron chi connectivity index (χ2n) is 9.72. The number of thiocarbonyl (C=S) groups is 1. The van der Waals surface area contributed by atoms with Gasteiger partial charge in [-0.15, -0.1) is 0 Å². The molecule has 3 aliphatic rings. The van der Waals surface area contributed by atoms with Gasteiger partial charge in [-0.05, 0) is 80.0 Å². The summed E-state index contributed by atoms with van der Waals surface area (Å²) in [7, 11) is 5.34. The molecule has 8 nitrogen and oxygen atoms in total. The molecule has 3 aliphatic heterocycles. The maximum atomic E-state index is 9.10. The Morgan fingerprint density at radius 3 is 2.73 bits per heavy atom. The third-order valence-corrected chi connectivity index (χ3v) is 7.85. The predicted octanol–water partition coefficient (Wildman–Crippen LogP) is 4.14.